The Hall–Kier alpha value is -1.13. The van der Waals surface area contributed by atoms with Gasteiger partial charge in [0.15, 0.2) is 0 Å². The summed E-state index contributed by atoms with van der Waals surface area (Å²) < 4.78 is 19.5. The van der Waals surface area contributed by atoms with Crippen LogP contribution in [0.15, 0.2) is 33.2 Å². The summed E-state index contributed by atoms with van der Waals surface area (Å²) in [7, 11) is 0. The summed E-state index contributed by atoms with van der Waals surface area (Å²) in [4.78, 5) is 0. The van der Waals surface area contributed by atoms with E-state index in [4.69, 9.17) is 10.2 Å². The molecule has 0 aliphatic heterocycles. The molecule has 1 aromatic heterocycles. The van der Waals surface area contributed by atoms with Crippen LogP contribution in [0.5, 0.6) is 0 Å². The van der Waals surface area contributed by atoms with Gasteiger partial charge >= 0.3 is 0 Å². The SMILES string of the molecule is Cc1cc(C(N)c2cc(F)ccc2Br)c(C)o1. The lowest BCUT2D eigenvalue weighted by Gasteiger charge is -2.13. The first-order valence-corrected chi connectivity index (χ1v) is 6.06. The second-order valence-electron chi connectivity index (χ2n) is 4.01. The zero-order chi connectivity index (χ0) is 12.6. The second-order valence-corrected chi connectivity index (χ2v) is 4.87. The van der Waals surface area contributed by atoms with E-state index in [1.807, 2.05) is 19.9 Å². The molecule has 2 N–H and O–H groups in total. The molecular formula is C13H13BrFNO. The zero-order valence-corrected chi connectivity index (χ0v) is 11.2. The predicted octanol–water partition coefficient (Wildman–Crippen LogP) is 3.85. The Bertz CT molecular complexity index is 550. The quantitative estimate of drug-likeness (QED) is 0.914. The molecule has 0 spiro atoms. The first-order chi connectivity index (χ1) is 7.99. The van der Waals surface area contributed by atoms with Crippen LogP contribution in [0.3, 0.4) is 0 Å². The summed E-state index contributed by atoms with van der Waals surface area (Å²) in [6.07, 6.45) is 0. The highest BCUT2D eigenvalue weighted by atomic mass is 79.9. The van der Waals surface area contributed by atoms with Crippen LogP contribution in [-0.2, 0) is 0 Å². The van der Waals surface area contributed by atoms with Gasteiger partial charge in [-0.15, -0.1) is 0 Å². The normalized spacial score (nSPS) is 12.8. The molecule has 2 nitrogen and oxygen atoms in total. The predicted molar refractivity (Wildman–Crippen MR) is 68.3 cm³/mol. The zero-order valence-electron chi connectivity index (χ0n) is 9.63. The van der Waals surface area contributed by atoms with E-state index in [0.29, 0.717) is 5.56 Å². The molecule has 4 heteroatoms. The van der Waals surface area contributed by atoms with Crippen LogP contribution in [0.1, 0.15) is 28.7 Å². The van der Waals surface area contributed by atoms with E-state index in [9.17, 15) is 4.39 Å². The van der Waals surface area contributed by atoms with Crippen LogP contribution in [0.25, 0.3) is 0 Å². The second kappa shape index (κ2) is 4.63. The van der Waals surface area contributed by atoms with Crippen LogP contribution in [0, 0.1) is 19.7 Å². The Morgan fingerprint density at radius 3 is 2.53 bits per heavy atom. The molecule has 1 atom stereocenters. The highest BCUT2D eigenvalue weighted by Crippen LogP contribution is 2.30. The molecule has 0 saturated heterocycles. The van der Waals surface area contributed by atoms with E-state index in [1.165, 1.54) is 12.1 Å². The van der Waals surface area contributed by atoms with E-state index in [2.05, 4.69) is 15.9 Å². The third-order valence-corrected chi connectivity index (χ3v) is 3.43. The molecule has 0 amide bonds. The smallest absolute Gasteiger partial charge is 0.123 e. The number of furan rings is 1. The third-order valence-electron chi connectivity index (χ3n) is 2.71. The van der Waals surface area contributed by atoms with Gasteiger partial charge in [-0.2, -0.15) is 0 Å². The van der Waals surface area contributed by atoms with E-state index in [0.717, 1.165) is 21.6 Å². The summed E-state index contributed by atoms with van der Waals surface area (Å²) in [5.74, 6) is 1.28. The van der Waals surface area contributed by atoms with Crippen molar-refractivity contribution in [3.8, 4) is 0 Å². The summed E-state index contributed by atoms with van der Waals surface area (Å²) in [5.41, 5.74) is 7.74. The van der Waals surface area contributed by atoms with Gasteiger partial charge in [0.2, 0.25) is 0 Å². The lowest BCUT2D eigenvalue weighted by molar-refractivity contribution is 0.499. The largest absolute Gasteiger partial charge is 0.466 e. The summed E-state index contributed by atoms with van der Waals surface area (Å²) >= 11 is 3.38. The van der Waals surface area contributed by atoms with E-state index >= 15 is 0 Å². The fourth-order valence-electron chi connectivity index (χ4n) is 1.88. The molecule has 0 aliphatic rings. The maximum absolute atomic E-state index is 13.2. The first-order valence-electron chi connectivity index (χ1n) is 5.26. The monoisotopic (exact) mass is 297 g/mol. The van der Waals surface area contributed by atoms with Gasteiger partial charge in [0, 0.05) is 10.0 Å². The van der Waals surface area contributed by atoms with Gasteiger partial charge < -0.3 is 10.2 Å². The van der Waals surface area contributed by atoms with E-state index in [-0.39, 0.29) is 5.82 Å². The Labute approximate surface area is 108 Å². The fraction of sp³-hybridized carbons (Fsp3) is 0.231. The number of rotatable bonds is 2. The van der Waals surface area contributed by atoms with E-state index < -0.39 is 6.04 Å². The minimum absolute atomic E-state index is 0.295. The standard InChI is InChI=1S/C13H13BrFNO/c1-7-5-10(8(2)17-7)13(16)11-6-9(15)3-4-12(11)14/h3-6,13H,16H2,1-2H3. The molecule has 0 aliphatic carbocycles. The lowest BCUT2D eigenvalue weighted by atomic mass is 10.00. The molecule has 2 aromatic rings. The van der Waals surface area contributed by atoms with Crippen LogP contribution in [0.2, 0.25) is 0 Å². The van der Waals surface area contributed by atoms with Crippen LogP contribution < -0.4 is 5.73 Å². The van der Waals surface area contributed by atoms with Crippen molar-refractivity contribution < 1.29 is 8.81 Å². The van der Waals surface area contributed by atoms with Crippen molar-refractivity contribution in [3.63, 3.8) is 0 Å². The molecule has 0 bridgehead atoms. The molecule has 0 fully saturated rings. The molecule has 90 valence electrons. The van der Waals surface area contributed by atoms with Gasteiger partial charge in [-0.25, -0.2) is 4.39 Å². The number of hydrogen-bond acceptors (Lipinski definition) is 2. The number of hydrogen-bond donors (Lipinski definition) is 1. The Kier molecular flexibility index (Phi) is 3.35. The molecule has 1 unspecified atom stereocenters. The van der Waals surface area contributed by atoms with Gasteiger partial charge in [0.1, 0.15) is 17.3 Å². The summed E-state index contributed by atoms with van der Waals surface area (Å²) in [6.45, 7) is 3.72. The Morgan fingerprint density at radius 2 is 1.94 bits per heavy atom. The summed E-state index contributed by atoms with van der Waals surface area (Å²) in [6, 6.07) is 5.99. The van der Waals surface area contributed by atoms with Crippen molar-refractivity contribution in [2.45, 2.75) is 19.9 Å². The highest BCUT2D eigenvalue weighted by molar-refractivity contribution is 9.10. The molecule has 17 heavy (non-hydrogen) atoms. The third kappa shape index (κ3) is 2.42. The van der Waals surface area contributed by atoms with Gasteiger partial charge in [0.05, 0.1) is 6.04 Å². The van der Waals surface area contributed by atoms with Crippen LogP contribution in [-0.4, -0.2) is 0 Å². The highest BCUT2D eigenvalue weighted by Gasteiger charge is 2.17. The lowest BCUT2D eigenvalue weighted by Crippen LogP contribution is -2.13. The van der Waals surface area contributed by atoms with Crippen molar-refractivity contribution in [1.82, 2.24) is 0 Å². The van der Waals surface area contributed by atoms with Gasteiger partial charge in [0.25, 0.3) is 0 Å². The van der Waals surface area contributed by atoms with Gasteiger partial charge in [-0.05, 0) is 43.7 Å². The number of nitrogens with two attached hydrogens (primary N) is 1. The van der Waals surface area contributed by atoms with Crippen LogP contribution >= 0.6 is 15.9 Å². The molecule has 1 heterocycles. The van der Waals surface area contributed by atoms with E-state index in [1.54, 1.807) is 6.07 Å². The first kappa shape index (κ1) is 12.3. The average molecular weight is 298 g/mol. The van der Waals surface area contributed by atoms with Gasteiger partial charge in [-0.1, -0.05) is 15.9 Å². The number of halogens is 2. The average Bonchev–Trinajstić information content (AvgIpc) is 2.60. The molecular weight excluding hydrogens is 285 g/mol. The van der Waals surface area contributed by atoms with Crippen molar-refractivity contribution in [3.05, 3.63) is 57.2 Å². The molecule has 0 radical (unpaired) electrons. The maximum Gasteiger partial charge on any atom is 0.123 e. The van der Waals surface area contributed by atoms with Crippen LogP contribution in [0.4, 0.5) is 4.39 Å². The minimum Gasteiger partial charge on any atom is -0.466 e. The minimum atomic E-state index is -0.391. The van der Waals surface area contributed by atoms with Crippen molar-refractivity contribution in [2.24, 2.45) is 5.73 Å². The van der Waals surface area contributed by atoms with Crippen molar-refractivity contribution >= 4 is 15.9 Å². The Morgan fingerprint density at radius 1 is 1.24 bits per heavy atom. The van der Waals surface area contributed by atoms with Gasteiger partial charge in [-0.3, -0.25) is 0 Å². The fourth-order valence-corrected chi connectivity index (χ4v) is 2.37. The molecule has 2 rings (SSSR count). The summed E-state index contributed by atoms with van der Waals surface area (Å²) in [5, 5.41) is 0. The molecule has 1 aromatic carbocycles. The molecule has 0 saturated carbocycles. The Balaban J connectivity index is 2.46. The topological polar surface area (TPSA) is 39.2 Å². The number of aryl methyl sites for hydroxylation is 2. The maximum atomic E-state index is 13.2. The van der Waals surface area contributed by atoms with Crippen molar-refractivity contribution in [2.75, 3.05) is 0 Å². The van der Waals surface area contributed by atoms with Crippen molar-refractivity contribution in [1.29, 1.82) is 0 Å². The number of benzene rings is 1.